The zero-order valence-electron chi connectivity index (χ0n) is 11.2. The first-order valence-corrected chi connectivity index (χ1v) is 6.03. The third kappa shape index (κ3) is 3.00. The van der Waals surface area contributed by atoms with Gasteiger partial charge in [-0.05, 0) is 31.2 Å². The number of hydrogen-bond donors (Lipinski definition) is 1. The summed E-state index contributed by atoms with van der Waals surface area (Å²) in [6, 6.07) is 10.1. The molecule has 0 saturated heterocycles. The molecule has 0 spiro atoms. The van der Waals surface area contributed by atoms with Crippen LogP contribution in [0, 0.1) is 6.92 Å². The van der Waals surface area contributed by atoms with Crippen molar-refractivity contribution in [2.24, 2.45) is 0 Å². The molecule has 0 bridgehead atoms. The second-order valence-corrected chi connectivity index (χ2v) is 4.18. The van der Waals surface area contributed by atoms with E-state index in [0.717, 1.165) is 5.69 Å². The number of pyridine rings is 1. The number of aromatic nitrogens is 1. The number of esters is 1. The fourth-order valence-corrected chi connectivity index (χ4v) is 1.68. The van der Waals surface area contributed by atoms with E-state index in [-0.39, 0.29) is 5.91 Å². The molecule has 0 fully saturated rings. The number of para-hydroxylation sites is 1. The zero-order valence-corrected chi connectivity index (χ0v) is 11.2. The first kappa shape index (κ1) is 13.7. The summed E-state index contributed by atoms with van der Waals surface area (Å²) < 4.78 is 4.68. The highest BCUT2D eigenvalue weighted by atomic mass is 16.5. The number of carbonyl (C=O) groups excluding carboxylic acids is 2. The van der Waals surface area contributed by atoms with E-state index < -0.39 is 5.97 Å². The number of rotatable bonds is 3. The van der Waals surface area contributed by atoms with Gasteiger partial charge in [0.2, 0.25) is 0 Å². The monoisotopic (exact) mass is 270 g/mol. The van der Waals surface area contributed by atoms with Crippen LogP contribution in [0.15, 0.2) is 42.6 Å². The zero-order chi connectivity index (χ0) is 14.5. The average molecular weight is 270 g/mol. The third-order valence-electron chi connectivity index (χ3n) is 2.75. The highest BCUT2D eigenvalue weighted by Gasteiger charge is 2.14. The molecule has 1 aromatic carbocycles. The lowest BCUT2D eigenvalue weighted by atomic mass is 10.1. The highest BCUT2D eigenvalue weighted by Crippen LogP contribution is 2.17. The molecule has 102 valence electrons. The molecule has 1 amide bonds. The largest absolute Gasteiger partial charge is 0.465 e. The van der Waals surface area contributed by atoms with E-state index in [1.165, 1.54) is 13.3 Å². The Morgan fingerprint density at radius 1 is 1.15 bits per heavy atom. The van der Waals surface area contributed by atoms with Gasteiger partial charge in [-0.15, -0.1) is 0 Å². The molecule has 0 aliphatic heterocycles. The third-order valence-corrected chi connectivity index (χ3v) is 2.75. The molecule has 1 heterocycles. The molecule has 5 nitrogen and oxygen atoms in total. The Morgan fingerprint density at radius 3 is 2.55 bits per heavy atom. The van der Waals surface area contributed by atoms with Gasteiger partial charge in [-0.25, -0.2) is 4.79 Å². The van der Waals surface area contributed by atoms with Crippen molar-refractivity contribution < 1.29 is 14.3 Å². The van der Waals surface area contributed by atoms with Crippen molar-refractivity contribution in [3.8, 4) is 0 Å². The molecule has 0 unspecified atom stereocenters. The van der Waals surface area contributed by atoms with Gasteiger partial charge in [0.1, 0.15) is 0 Å². The van der Waals surface area contributed by atoms with E-state index in [9.17, 15) is 9.59 Å². The van der Waals surface area contributed by atoms with Gasteiger partial charge < -0.3 is 10.1 Å². The van der Waals surface area contributed by atoms with Gasteiger partial charge in [-0.1, -0.05) is 12.1 Å². The predicted molar refractivity (Wildman–Crippen MR) is 74.7 cm³/mol. The van der Waals surface area contributed by atoms with Crippen LogP contribution in [-0.4, -0.2) is 24.0 Å². The minimum absolute atomic E-state index is 0.309. The Kier molecular flexibility index (Phi) is 4.10. The molecular formula is C15H14N2O3. The number of nitrogens with one attached hydrogen (secondary N) is 1. The van der Waals surface area contributed by atoms with Crippen LogP contribution >= 0.6 is 0 Å². The van der Waals surface area contributed by atoms with Crippen LogP contribution in [-0.2, 0) is 4.74 Å². The van der Waals surface area contributed by atoms with Crippen molar-refractivity contribution in [3.05, 3.63) is 59.4 Å². The van der Waals surface area contributed by atoms with E-state index in [0.29, 0.717) is 16.8 Å². The number of carbonyl (C=O) groups is 2. The molecule has 1 N–H and O–H groups in total. The van der Waals surface area contributed by atoms with E-state index in [2.05, 4.69) is 15.0 Å². The number of nitrogens with zero attached hydrogens (tertiary/aromatic N) is 1. The molecule has 0 aliphatic carbocycles. The van der Waals surface area contributed by atoms with Gasteiger partial charge >= 0.3 is 5.97 Å². The fourth-order valence-electron chi connectivity index (χ4n) is 1.68. The standard InChI is InChI=1S/C15H14N2O3/c1-10-7-8-11(9-16-10)14(18)17-13-6-4-3-5-12(13)15(19)20-2/h3-9H,1-2H3,(H,17,18). The first-order valence-electron chi connectivity index (χ1n) is 6.03. The summed E-state index contributed by atoms with van der Waals surface area (Å²) in [5, 5.41) is 2.68. The lowest BCUT2D eigenvalue weighted by molar-refractivity contribution is 0.0602. The molecule has 0 saturated carbocycles. The number of aryl methyl sites for hydroxylation is 1. The lowest BCUT2D eigenvalue weighted by Gasteiger charge is -2.09. The summed E-state index contributed by atoms with van der Waals surface area (Å²) in [5.74, 6) is -0.822. The minimum atomic E-state index is -0.497. The van der Waals surface area contributed by atoms with Crippen LogP contribution < -0.4 is 5.32 Å². The summed E-state index contributed by atoms with van der Waals surface area (Å²) in [7, 11) is 1.30. The van der Waals surface area contributed by atoms with Crippen LogP contribution in [0.25, 0.3) is 0 Å². The van der Waals surface area contributed by atoms with Crippen molar-refractivity contribution in [2.45, 2.75) is 6.92 Å². The number of benzene rings is 1. The van der Waals surface area contributed by atoms with Crippen molar-refractivity contribution in [3.63, 3.8) is 0 Å². The van der Waals surface area contributed by atoms with Crippen molar-refractivity contribution >= 4 is 17.6 Å². The molecule has 0 radical (unpaired) electrons. The van der Waals surface area contributed by atoms with Gasteiger partial charge in [0, 0.05) is 11.9 Å². The van der Waals surface area contributed by atoms with Crippen molar-refractivity contribution in [1.29, 1.82) is 0 Å². The maximum absolute atomic E-state index is 12.1. The van der Waals surface area contributed by atoms with Gasteiger partial charge in [-0.2, -0.15) is 0 Å². The second kappa shape index (κ2) is 5.97. The smallest absolute Gasteiger partial charge is 0.339 e. The molecule has 0 aliphatic rings. The molecule has 20 heavy (non-hydrogen) atoms. The Balaban J connectivity index is 2.24. The van der Waals surface area contributed by atoms with Crippen LogP contribution in [0.5, 0.6) is 0 Å². The summed E-state index contributed by atoms with van der Waals surface area (Å²) >= 11 is 0. The van der Waals surface area contributed by atoms with Crippen LogP contribution in [0.1, 0.15) is 26.4 Å². The summed E-state index contributed by atoms with van der Waals surface area (Å²) in [6.45, 7) is 1.84. The van der Waals surface area contributed by atoms with E-state index >= 15 is 0 Å². The number of methoxy groups -OCH3 is 1. The number of amides is 1. The molecule has 1 aromatic heterocycles. The average Bonchev–Trinajstić information content (AvgIpc) is 2.47. The summed E-state index contributed by atoms with van der Waals surface area (Å²) in [5.41, 5.74) is 1.97. The summed E-state index contributed by atoms with van der Waals surface area (Å²) in [6.07, 6.45) is 1.49. The van der Waals surface area contributed by atoms with Gasteiger partial charge in [0.25, 0.3) is 5.91 Å². The van der Waals surface area contributed by atoms with E-state index in [1.54, 1.807) is 36.4 Å². The Morgan fingerprint density at radius 2 is 1.90 bits per heavy atom. The van der Waals surface area contributed by atoms with E-state index in [4.69, 9.17) is 0 Å². The normalized spacial score (nSPS) is 9.90. The molecule has 2 rings (SSSR count). The molecular weight excluding hydrogens is 256 g/mol. The molecule has 0 atom stereocenters. The van der Waals surface area contributed by atoms with Crippen LogP contribution in [0.3, 0.4) is 0 Å². The SMILES string of the molecule is COC(=O)c1ccccc1NC(=O)c1ccc(C)nc1. The first-order chi connectivity index (χ1) is 9.61. The van der Waals surface area contributed by atoms with Gasteiger partial charge in [0.05, 0.1) is 23.9 Å². The number of ether oxygens (including phenoxy) is 1. The fraction of sp³-hybridized carbons (Fsp3) is 0.133. The van der Waals surface area contributed by atoms with Gasteiger partial charge in [-0.3, -0.25) is 9.78 Å². The Labute approximate surface area is 116 Å². The number of hydrogen-bond acceptors (Lipinski definition) is 4. The summed E-state index contributed by atoms with van der Waals surface area (Å²) in [4.78, 5) is 27.8. The maximum Gasteiger partial charge on any atom is 0.339 e. The molecule has 5 heteroatoms. The maximum atomic E-state index is 12.1. The lowest BCUT2D eigenvalue weighted by Crippen LogP contribution is -2.15. The Hall–Kier alpha value is -2.69. The number of anilines is 1. The topological polar surface area (TPSA) is 68.3 Å². The van der Waals surface area contributed by atoms with Crippen molar-refractivity contribution in [1.82, 2.24) is 4.98 Å². The molecule has 2 aromatic rings. The second-order valence-electron chi connectivity index (χ2n) is 4.18. The van der Waals surface area contributed by atoms with E-state index in [1.807, 2.05) is 6.92 Å². The predicted octanol–water partition coefficient (Wildman–Crippen LogP) is 2.43. The van der Waals surface area contributed by atoms with Crippen LogP contribution in [0.2, 0.25) is 0 Å². The quantitative estimate of drug-likeness (QED) is 0.870. The highest BCUT2D eigenvalue weighted by molar-refractivity contribution is 6.07. The Bertz CT molecular complexity index is 636. The van der Waals surface area contributed by atoms with Gasteiger partial charge in [0.15, 0.2) is 0 Å². The van der Waals surface area contributed by atoms with Crippen molar-refractivity contribution in [2.75, 3.05) is 12.4 Å². The van der Waals surface area contributed by atoms with Crippen LogP contribution in [0.4, 0.5) is 5.69 Å². The minimum Gasteiger partial charge on any atom is -0.465 e.